The van der Waals surface area contributed by atoms with Crippen LogP contribution in [0, 0.1) is 0 Å². The van der Waals surface area contributed by atoms with Crippen molar-refractivity contribution in [2.45, 2.75) is 69.6 Å². The molecular weight excluding hydrogens is 524 g/mol. The lowest BCUT2D eigenvalue weighted by atomic mass is 10.2. The monoisotopic (exact) mass is 568 g/mol. The van der Waals surface area contributed by atoms with Crippen LogP contribution >= 0.6 is 0 Å². The van der Waals surface area contributed by atoms with Gasteiger partial charge in [-0.25, -0.2) is 0 Å². The fourth-order valence-electron chi connectivity index (χ4n) is 2.43. The molecule has 4 atom stereocenters. The maximum atomic E-state index is 10.2. The SMILES string of the molecule is CC(N)C(=O)O.NC(N)=NCCCC(N)C(=O)O.NCC(=O)O.O=C(O)[C@@H]1CCCN1.O=C(O)[C@@H]1CCCN1. The number of nitrogens with one attached hydrogen (secondary N) is 2. The van der Waals surface area contributed by atoms with E-state index in [9.17, 15) is 24.0 Å². The van der Waals surface area contributed by atoms with Gasteiger partial charge in [0.05, 0.1) is 6.54 Å². The van der Waals surface area contributed by atoms with E-state index in [1.54, 1.807) is 0 Å². The predicted molar refractivity (Wildman–Crippen MR) is 141 cm³/mol. The zero-order valence-electron chi connectivity index (χ0n) is 22.0. The van der Waals surface area contributed by atoms with Gasteiger partial charge in [0.15, 0.2) is 5.96 Å². The third kappa shape index (κ3) is 28.8. The van der Waals surface area contributed by atoms with Crippen LogP contribution in [0.25, 0.3) is 0 Å². The third-order valence-corrected chi connectivity index (χ3v) is 4.57. The molecule has 0 aromatic heterocycles. The summed E-state index contributed by atoms with van der Waals surface area (Å²) >= 11 is 0. The second-order valence-electron chi connectivity index (χ2n) is 8.09. The number of nitrogens with two attached hydrogens (primary N) is 5. The van der Waals surface area contributed by atoms with Crippen molar-refractivity contribution in [3.8, 4) is 0 Å². The average molecular weight is 569 g/mol. The summed E-state index contributed by atoms with van der Waals surface area (Å²) in [5.41, 5.74) is 24.7. The molecule has 2 fully saturated rings. The first-order chi connectivity index (χ1) is 18.1. The van der Waals surface area contributed by atoms with Gasteiger partial charge in [-0.3, -0.25) is 29.0 Å². The first-order valence-electron chi connectivity index (χ1n) is 11.9. The Kier molecular flexibility index (Phi) is 25.3. The van der Waals surface area contributed by atoms with Crippen molar-refractivity contribution in [3.05, 3.63) is 0 Å². The van der Waals surface area contributed by atoms with Crippen molar-refractivity contribution < 1.29 is 49.5 Å². The largest absolute Gasteiger partial charge is 0.480 e. The quantitative estimate of drug-likeness (QED) is 0.0730. The van der Waals surface area contributed by atoms with Crippen molar-refractivity contribution in [1.82, 2.24) is 10.6 Å². The van der Waals surface area contributed by atoms with Gasteiger partial charge in [-0.2, -0.15) is 0 Å². The highest BCUT2D eigenvalue weighted by atomic mass is 16.4. The molecule has 0 saturated carbocycles. The van der Waals surface area contributed by atoms with Gasteiger partial charge in [-0.15, -0.1) is 0 Å². The summed E-state index contributed by atoms with van der Waals surface area (Å²) in [6.45, 7) is 3.28. The number of carboxylic acid groups (broad SMARTS) is 5. The molecule has 0 amide bonds. The standard InChI is InChI=1S/C6H14N4O2.2C5H9NO2.C3H7NO2.C2H5NO2/c7-4(5(11)12)2-1-3-10-6(8)9;2*7-5(8)4-2-1-3-6-4;1-2(4)3(5)6;3-1-2(4)5/h4H,1-3,7H2,(H,11,12)(H4,8,9,10);2*4,6H,1-3H2,(H,7,8);2H,4H2,1H3,(H,5,6);1,3H2,(H,4,5)/t;2*4-;;/m.00../s1. The van der Waals surface area contributed by atoms with Crippen molar-refractivity contribution in [3.63, 3.8) is 0 Å². The Balaban J connectivity index is -0.000000429. The third-order valence-electron chi connectivity index (χ3n) is 4.57. The second-order valence-corrected chi connectivity index (χ2v) is 8.09. The van der Waals surface area contributed by atoms with Gasteiger partial charge in [0.2, 0.25) is 0 Å². The number of guanidine groups is 1. The maximum absolute atomic E-state index is 10.2. The first-order valence-corrected chi connectivity index (χ1v) is 11.9. The fourth-order valence-corrected chi connectivity index (χ4v) is 2.43. The van der Waals surface area contributed by atoms with Crippen molar-refractivity contribution in [2.75, 3.05) is 26.2 Å². The van der Waals surface area contributed by atoms with Crippen LogP contribution < -0.4 is 39.3 Å². The zero-order chi connectivity index (χ0) is 31.0. The number of aliphatic imine (C=N–C) groups is 1. The van der Waals surface area contributed by atoms with Gasteiger partial charge in [-0.05, 0) is 58.5 Å². The number of carbonyl (C=O) groups is 5. The molecule has 0 aromatic rings. The molecule has 17 N–H and O–H groups in total. The van der Waals surface area contributed by atoms with Gasteiger partial charge in [0, 0.05) is 6.54 Å². The van der Waals surface area contributed by atoms with Crippen molar-refractivity contribution >= 4 is 35.8 Å². The molecule has 2 unspecified atom stereocenters. The zero-order valence-corrected chi connectivity index (χ0v) is 22.0. The Hall–Kier alpha value is -3.58. The van der Waals surface area contributed by atoms with Gasteiger partial charge in [-0.1, -0.05) is 0 Å². The highest BCUT2D eigenvalue weighted by molar-refractivity contribution is 5.76. The van der Waals surface area contributed by atoms with Crippen LogP contribution in [0.1, 0.15) is 45.4 Å². The summed E-state index contributed by atoms with van der Waals surface area (Å²) in [6.07, 6.45) is 4.52. The molecule has 0 aliphatic carbocycles. The van der Waals surface area contributed by atoms with Gasteiger partial charge in [0.25, 0.3) is 0 Å². The van der Waals surface area contributed by atoms with E-state index in [1.165, 1.54) is 6.92 Å². The highest BCUT2D eigenvalue weighted by Gasteiger charge is 2.20. The molecular formula is C21H44N8O10. The summed E-state index contributed by atoms with van der Waals surface area (Å²) in [5, 5.41) is 46.3. The Morgan fingerprint density at radius 3 is 1.41 bits per heavy atom. The summed E-state index contributed by atoms with van der Waals surface area (Å²) in [7, 11) is 0. The van der Waals surface area contributed by atoms with Crippen LogP contribution in [0.15, 0.2) is 4.99 Å². The number of aliphatic carboxylic acids is 5. The molecule has 2 saturated heterocycles. The smallest absolute Gasteiger partial charge is 0.320 e. The molecule has 2 aliphatic heterocycles. The topological polar surface area (TPSA) is 353 Å². The molecule has 0 bridgehead atoms. The van der Waals surface area contributed by atoms with Crippen LogP contribution in [0.4, 0.5) is 0 Å². The Bertz CT molecular complexity index is 725. The van der Waals surface area contributed by atoms with Crippen LogP contribution in [0.5, 0.6) is 0 Å². The molecule has 2 rings (SSSR count). The van der Waals surface area contributed by atoms with Crippen LogP contribution in [-0.4, -0.2) is 112 Å². The first kappa shape index (κ1) is 39.9. The molecule has 228 valence electrons. The Morgan fingerprint density at radius 1 is 0.846 bits per heavy atom. The molecule has 2 heterocycles. The molecule has 2 aliphatic rings. The predicted octanol–water partition coefficient (Wildman–Crippen LogP) is -3.45. The lowest BCUT2D eigenvalue weighted by molar-refractivity contribution is -0.140. The fraction of sp³-hybridized carbons (Fsp3) is 0.714. The Labute approximate surface area is 226 Å². The number of hydrogen-bond donors (Lipinski definition) is 12. The van der Waals surface area contributed by atoms with Gasteiger partial charge in [0.1, 0.15) is 24.2 Å². The minimum atomic E-state index is -1.00. The number of hydrogen-bond acceptors (Lipinski definition) is 11. The van der Waals surface area contributed by atoms with E-state index >= 15 is 0 Å². The Morgan fingerprint density at radius 2 is 1.23 bits per heavy atom. The highest BCUT2D eigenvalue weighted by Crippen LogP contribution is 2.04. The van der Waals surface area contributed by atoms with E-state index in [-0.39, 0.29) is 24.6 Å². The van der Waals surface area contributed by atoms with E-state index in [0.717, 1.165) is 38.8 Å². The van der Waals surface area contributed by atoms with Crippen LogP contribution in [0.2, 0.25) is 0 Å². The minimum absolute atomic E-state index is 0.0129. The summed E-state index contributed by atoms with van der Waals surface area (Å²) in [5.74, 6) is -4.36. The number of nitrogens with zero attached hydrogens (tertiary/aromatic N) is 1. The van der Waals surface area contributed by atoms with E-state index in [4.69, 9.17) is 48.5 Å². The lowest BCUT2D eigenvalue weighted by Crippen LogP contribution is -2.30. The average Bonchev–Trinajstić information content (AvgIpc) is 3.58. The summed E-state index contributed by atoms with van der Waals surface area (Å²) < 4.78 is 0. The van der Waals surface area contributed by atoms with Crippen LogP contribution in [0.3, 0.4) is 0 Å². The van der Waals surface area contributed by atoms with Crippen molar-refractivity contribution in [2.24, 2.45) is 33.7 Å². The van der Waals surface area contributed by atoms with Gasteiger partial charge < -0.3 is 64.8 Å². The van der Waals surface area contributed by atoms with E-state index < -0.39 is 41.9 Å². The summed E-state index contributed by atoms with van der Waals surface area (Å²) in [6, 6.07) is -2.09. The molecule has 0 spiro atoms. The normalized spacial score (nSPS) is 18.4. The van der Waals surface area contributed by atoms with E-state index in [1.807, 2.05) is 0 Å². The van der Waals surface area contributed by atoms with E-state index in [0.29, 0.717) is 19.4 Å². The molecule has 39 heavy (non-hydrogen) atoms. The minimum Gasteiger partial charge on any atom is -0.480 e. The maximum Gasteiger partial charge on any atom is 0.320 e. The lowest BCUT2D eigenvalue weighted by Gasteiger charge is -2.03. The molecule has 0 aromatic carbocycles. The second kappa shape index (κ2) is 24.7. The number of carboxylic acids is 5. The molecule has 18 heteroatoms. The van der Waals surface area contributed by atoms with Crippen LogP contribution in [-0.2, 0) is 24.0 Å². The molecule has 18 nitrogen and oxygen atoms in total. The van der Waals surface area contributed by atoms with Gasteiger partial charge >= 0.3 is 29.8 Å². The van der Waals surface area contributed by atoms with E-state index in [2.05, 4.69) is 21.4 Å². The molecule has 0 radical (unpaired) electrons. The summed E-state index contributed by atoms with van der Waals surface area (Å²) in [4.78, 5) is 53.0. The van der Waals surface area contributed by atoms with Crippen molar-refractivity contribution in [1.29, 1.82) is 0 Å². The number of rotatable bonds is 9.